The number of aryl methyl sites for hydroxylation is 1. The minimum atomic E-state index is 0.611. The van der Waals surface area contributed by atoms with E-state index < -0.39 is 0 Å². The molecule has 0 radical (unpaired) electrons. The summed E-state index contributed by atoms with van der Waals surface area (Å²) in [5, 5.41) is 5.01. The first kappa shape index (κ1) is 12.5. The van der Waals surface area contributed by atoms with Crippen molar-refractivity contribution in [2.24, 2.45) is 5.92 Å². The Morgan fingerprint density at radius 3 is 2.84 bits per heavy atom. The summed E-state index contributed by atoms with van der Waals surface area (Å²) in [6.45, 7) is 4.49. The first-order valence-electron chi connectivity index (χ1n) is 7.36. The summed E-state index contributed by atoms with van der Waals surface area (Å²) < 4.78 is 0. The predicted molar refractivity (Wildman–Crippen MR) is 81.5 cm³/mol. The molecule has 1 aliphatic rings. The molecule has 0 spiro atoms. The lowest BCUT2D eigenvalue weighted by atomic mass is 9.85. The molecule has 2 nitrogen and oxygen atoms in total. The SMILES string of the molecule is Cc1ccc(NC2CCCCC2C)c2cccnc12. The van der Waals surface area contributed by atoms with Gasteiger partial charge in [-0.15, -0.1) is 0 Å². The van der Waals surface area contributed by atoms with E-state index in [0.29, 0.717) is 6.04 Å². The second kappa shape index (κ2) is 5.20. The topological polar surface area (TPSA) is 24.9 Å². The van der Waals surface area contributed by atoms with E-state index in [1.165, 1.54) is 42.3 Å². The quantitative estimate of drug-likeness (QED) is 0.851. The van der Waals surface area contributed by atoms with Crippen LogP contribution in [0, 0.1) is 12.8 Å². The van der Waals surface area contributed by atoms with Crippen LogP contribution in [0.15, 0.2) is 30.5 Å². The minimum Gasteiger partial charge on any atom is -0.381 e. The summed E-state index contributed by atoms with van der Waals surface area (Å²) in [7, 11) is 0. The standard InChI is InChI=1S/C17H22N2/c1-12-6-3-4-8-15(12)19-16-10-9-13(2)17-14(16)7-5-11-18-17/h5,7,9-12,15,19H,3-4,6,8H2,1-2H3. The summed E-state index contributed by atoms with van der Waals surface area (Å²) in [6, 6.07) is 9.19. The Labute approximate surface area is 115 Å². The zero-order chi connectivity index (χ0) is 13.2. The Morgan fingerprint density at radius 2 is 2.00 bits per heavy atom. The van der Waals surface area contributed by atoms with E-state index >= 15 is 0 Å². The van der Waals surface area contributed by atoms with Gasteiger partial charge in [-0.2, -0.15) is 0 Å². The predicted octanol–water partition coefficient (Wildman–Crippen LogP) is 4.53. The van der Waals surface area contributed by atoms with Crippen molar-refractivity contribution >= 4 is 16.6 Å². The highest BCUT2D eigenvalue weighted by molar-refractivity contribution is 5.93. The molecule has 1 aromatic heterocycles. The van der Waals surface area contributed by atoms with Crippen LogP contribution < -0.4 is 5.32 Å². The van der Waals surface area contributed by atoms with E-state index in [-0.39, 0.29) is 0 Å². The minimum absolute atomic E-state index is 0.611. The maximum absolute atomic E-state index is 4.51. The van der Waals surface area contributed by atoms with E-state index in [1.807, 2.05) is 12.3 Å². The van der Waals surface area contributed by atoms with Crippen molar-refractivity contribution in [2.45, 2.75) is 45.6 Å². The average Bonchev–Trinajstić information content (AvgIpc) is 2.44. The van der Waals surface area contributed by atoms with Crippen molar-refractivity contribution < 1.29 is 0 Å². The molecule has 2 heteroatoms. The lowest BCUT2D eigenvalue weighted by molar-refractivity contribution is 0.350. The highest BCUT2D eigenvalue weighted by Gasteiger charge is 2.21. The third-order valence-electron chi connectivity index (χ3n) is 4.42. The van der Waals surface area contributed by atoms with Gasteiger partial charge in [-0.3, -0.25) is 4.98 Å². The molecule has 100 valence electrons. The molecule has 3 rings (SSSR count). The molecule has 0 amide bonds. The van der Waals surface area contributed by atoms with Gasteiger partial charge in [0.2, 0.25) is 0 Å². The van der Waals surface area contributed by atoms with Gasteiger partial charge in [-0.1, -0.05) is 25.8 Å². The van der Waals surface area contributed by atoms with Gasteiger partial charge in [0, 0.05) is 23.3 Å². The Hall–Kier alpha value is -1.57. The van der Waals surface area contributed by atoms with Gasteiger partial charge in [0.25, 0.3) is 0 Å². The molecule has 2 atom stereocenters. The molecule has 0 bridgehead atoms. The number of rotatable bonds is 2. The second-order valence-electron chi connectivity index (χ2n) is 5.84. The average molecular weight is 254 g/mol. The molecule has 0 aliphatic heterocycles. The lowest BCUT2D eigenvalue weighted by Gasteiger charge is -2.30. The van der Waals surface area contributed by atoms with E-state index in [2.05, 4.69) is 42.3 Å². The number of anilines is 1. The van der Waals surface area contributed by atoms with Crippen LogP contribution >= 0.6 is 0 Å². The van der Waals surface area contributed by atoms with Gasteiger partial charge in [0.15, 0.2) is 0 Å². The lowest BCUT2D eigenvalue weighted by Crippen LogP contribution is -2.30. The molecule has 2 unspecified atom stereocenters. The molecule has 0 saturated heterocycles. The number of hydrogen-bond donors (Lipinski definition) is 1. The maximum atomic E-state index is 4.51. The molecule has 1 heterocycles. The Bertz CT molecular complexity index is 576. The van der Waals surface area contributed by atoms with Crippen LogP contribution in [-0.4, -0.2) is 11.0 Å². The van der Waals surface area contributed by atoms with Crippen LogP contribution in [0.25, 0.3) is 10.9 Å². The van der Waals surface area contributed by atoms with Gasteiger partial charge in [0.1, 0.15) is 0 Å². The normalized spacial score (nSPS) is 23.5. The van der Waals surface area contributed by atoms with Crippen LogP contribution in [0.4, 0.5) is 5.69 Å². The van der Waals surface area contributed by atoms with E-state index in [9.17, 15) is 0 Å². The summed E-state index contributed by atoms with van der Waals surface area (Å²) in [6.07, 6.45) is 7.25. The number of pyridine rings is 1. The number of nitrogens with one attached hydrogen (secondary N) is 1. The summed E-state index contributed by atoms with van der Waals surface area (Å²) in [4.78, 5) is 4.51. The van der Waals surface area contributed by atoms with Gasteiger partial charge in [-0.05, 0) is 49.4 Å². The van der Waals surface area contributed by atoms with Gasteiger partial charge < -0.3 is 5.32 Å². The highest BCUT2D eigenvalue weighted by Crippen LogP contribution is 2.30. The number of benzene rings is 1. The molecule has 1 fully saturated rings. The van der Waals surface area contributed by atoms with Crippen molar-refractivity contribution in [3.63, 3.8) is 0 Å². The largest absolute Gasteiger partial charge is 0.381 e. The molecule has 1 aliphatic carbocycles. The van der Waals surface area contributed by atoms with Crippen molar-refractivity contribution in [3.8, 4) is 0 Å². The van der Waals surface area contributed by atoms with E-state index in [1.54, 1.807) is 0 Å². The van der Waals surface area contributed by atoms with Gasteiger partial charge >= 0.3 is 0 Å². The number of nitrogens with zero attached hydrogens (tertiary/aromatic N) is 1. The van der Waals surface area contributed by atoms with Gasteiger partial charge in [-0.25, -0.2) is 0 Å². The molecular weight excluding hydrogens is 232 g/mol. The summed E-state index contributed by atoms with van der Waals surface area (Å²) in [5.41, 5.74) is 3.61. The Morgan fingerprint density at radius 1 is 1.16 bits per heavy atom. The molecule has 1 aromatic carbocycles. The number of aromatic nitrogens is 1. The third-order valence-corrected chi connectivity index (χ3v) is 4.42. The van der Waals surface area contributed by atoms with Crippen molar-refractivity contribution in [1.29, 1.82) is 0 Å². The van der Waals surface area contributed by atoms with E-state index in [0.717, 1.165) is 11.4 Å². The fraction of sp³-hybridized carbons (Fsp3) is 0.471. The van der Waals surface area contributed by atoms with Crippen LogP contribution in [0.2, 0.25) is 0 Å². The number of hydrogen-bond acceptors (Lipinski definition) is 2. The smallest absolute Gasteiger partial charge is 0.0751 e. The molecule has 19 heavy (non-hydrogen) atoms. The van der Waals surface area contributed by atoms with Crippen molar-refractivity contribution in [3.05, 3.63) is 36.0 Å². The Kier molecular flexibility index (Phi) is 3.41. The fourth-order valence-electron chi connectivity index (χ4n) is 3.17. The molecule has 1 N–H and O–H groups in total. The van der Waals surface area contributed by atoms with Gasteiger partial charge in [0.05, 0.1) is 5.52 Å². The van der Waals surface area contributed by atoms with Crippen molar-refractivity contribution in [1.82, 2.24) is 4.98 Å². The first-order valence-corrected chi connectivity index (χ1v) is 7.36. The monoisotopic (exact) mass is 254 g/mol. The first-order chi connectivity index (χ1) is 9.25. The Balaban J connectivity index is 1.94. The molecular formula is C17H22N2. The molecule has 2 aromatic rings. The summed E-state index contributed by atoms with van der Waals surface area (Å²) in [5.74, 6) is 0.766. The highest BCUT2D eigenvalue weighted by atomic mass is 14.9. The van der Waals surface area contributed by atoms with Crippen molar-refractivity contribution in [2.75, 3.05) is 5.32 Å². The third kappa shape index (κ3) is 2.44. The molecule has 1 saturated carbocycles. The number of fused-ring (bicyclic) bond motifs is 1. The second-order valence-corrected chi connectivity index (χ2v) is 5.84. The summed E-state index contributed by atoms with van der Waals surface area (Å²) >= 11 is 0. The van der Waals surface area contributed by atoms with Crippen LogP contribution in [0.1, 0.15) is 38.2 Å². The van der Waals surface area contributed by atoms with Crippen LogP contribution in [0.5, 0.6) is 0 Å². The zero-order valence-electron chi connectivity index (χ0n) is 11.8. The van der Waals surface area contributed by atoms with E-state index in [4.69, 9.17) is 0 Å². The fourth-order valence-corrected chi connectivity index (χ4v) is 3.17. The zero-order valence-corrected chi connectivity index (χ0v) is 11.8. The van der Waals surface area contributed by atoms with Crippen LogP contribution in [0.3, 0.4) is 0 Å². The van der Waals surface area contributed by atoms with Crippen LogP contribution in [-0.2, 0) is 0 Å². The maximum Gasteiger partial charge on any atom is 0.0751 e.